The van der Waals surface area contributed by atoms with Crippen LogP contribution in [0.1, 0.15) is 12.0 Å². The highest BCUT2D eigenvalue weighted by Gasteiger charge is 2.57. The molecule has 2 N–H and O–H groups in total. The van der Waals surface area contributed by atoms with E-state index in [9.17, 15) is 18.3 Å². The number of hydrogen-bond acceptors (Lipinski definition) is 5. The Bertz CT molecular complexity index is 441. The smallest absolute Gasteiger partial charge is 0.391 e. The highest BCUT2D eigenvalue weighted by Crippen LogP contribution is 2.39. The Labute approximate surface area is 101 Å². The molecule has 100 valence electrons. The van der Waals surface area contributed by atoms with Crippen molar-refractivity contribution in [3.05, 3.63) is 18.1 Å². The van der Waals surface area contributed by atoms with Gasteiger partial charge in [-0.3, -0.25) is 0 Å². The molecule has 0 aromatic carbocycles. The van der Waals surface area contributed by atoms with Gasteiger partial charge in [-0.25, -0.2) is 9.97 Å². The van der Waals surface area contributed by atoms with E-state index in [1.807, 2.05) is 0 Å². The van der Waals surface area contributed by atoms with Crippen molar-refractivity contribution < 1.29 is 23.4 Å². The standard InChI is InChI=1S/C10H12F3N3O2/c11-10(12,13)9(18)1-2-16(5-9)8-7(4-17)3-14-6-15-8/h3,6,17-18H,1-2,4-5H2. The molecule has 0 aliphatic carbocycles. The minimum absolute atomic E-state index is 0.0278. The van der Waals surface area contributed by atoms with Crippen molar-refractivity contribution in [2.24, 2.45) is 0 Å². The third kappa shape index (κ3) is 2.13. The van der Waals surface area contributed by atoms with Gasteiger partial charge in [-0.15, -0.1) is 0 Å². The van der Waals surface area contributed by atoms with E-state index in [1.54, 1.807) is 0 Å². The molecule has 0 spiro atoms. The summed E-state index contributed by atoms with van der Waals surface area (Å²) < 4.78 is 38.0. The predicted octanol–water partition coefficient (Wildman–Crippen LogP) is 0.472. The van der Waals surface area contributed by atoms with Crippen molar-refractivity contribution in [1.82, 2.24) is 9.97 Å². The molecule has 1 saturated heterocycles. The average Bonchev–Trinajstić information content (AvgIpc) is 2.72. The Morgan fingerprint density at radius 2 is 2.17 bits per heavy atom. The highest BCUT2D eigenvalue weighted by atomic mass is 19.4. The molecule has 1 aliphatic rings. The summed E-state index contributed by atoms with van der Waals surface area (Å²) >= 11 is 0. The molecule has 2 heterocycles. The second-order valence-electron chi connectivity index (χ2n) is 4.23. The SMILES string of the molecule is OCc1cncnc1N1CCC(O)(C(F)(F)F)C1. The Hall–Kier alpha value is -1.41. The number of β-amino-alcohol motifs (C(OH)–C–C–N with tert-alkyl or cyclic N) is 1. The van der Waals surface area contributed by atoms with E-state index in [0.29, 0.717) is 5.56 Å². The Kier molecular flexibility index (Phi) is 3.16. The van der Waals surface area contributed by atoms with Gasteiger partial charge in [0.05, 0.1) is 13.2 Å². The Morgan fingerprint density at radius 3 is 2.72 bits per heavy atom. The van der Waals surface area contributed by atoms with E-state index in [1.165, 1.54) is 17.4 Å². The second-order valence-corrected chi connectivity index (χ2v) is 4.23. The maximum absolute atomic E-state index is 12.7. The largest absolute Gasteiger partial charge is 0.418 e. The van der Waals surface area contributed by atoms with Crippen molar-refractivity contribution in [2.75, 3.05) is 18.0 Å². The fourth-order valence-electron chi connectivity index (χ4n) is 1.95. The van der Waals surface area contributed by atoms with Crippen LogP contribution in [0, 0.1) is 0 Å². The van der Waals surface area contributed by atoms with Crippen LogP contribution in [0.3, 0.4) is 0 Å². The minimum Gasteiger partial charge on any atom is -0.391 e. The van der Waals surface area contributed by atoms with Crippen molar-refractivity contribution in [1.29, 1.82) is 0 Å². The summed E-state index contributed by atoms with van der Waals surface area (Å²) in [6.45, 7) is -0.919. The number of halogens is 3. The van der Waals surface area contributed by atoms with E-state index in [-0.39, 0.29) is 19.0 Å². The fraction of sp³-hybridized carbons (Fsp3) is 0.600. The number of aromatic nitrogens is 2. The third-order valence-corrected chi connectivity index (χ3v) is 3.01. The molecule has 0 saturated carbocycles. The van der Waals surface area contributed by atoms with Gasteiger partial charge in [0.1, 0.15) is 12.1 Å². The molecule has 1 aromatic rings. The Morgan fingerprint density at radius 1 is 1.44 bits per heavy atom. The van der Waals surface area contributed by atoms with Crippen LogP contribution in [-0.4, -0.2) is 45.0 Å². The summed E-state index contributed by atoms with van der Waals surface area (Å²) in [5.74, 6) is 0.229. The molecule has 1 atom stereocenters. The molecule has 18 heavy (non-hydrogen) atoms. The van der Waals surface area contributed by atoms with Crippen LogP contribution in [0.25, 0.3) is 0 Å². The number of aliphatic hydroxyl groups is 2. The monoisotopic (exact) mass is 263 g/mol. The fourth-order valence-corrected chi connectivity index (χ4v) is 1.95. The van der Waals surface area contributed by atoms with Gasteiger partial charge in [-0.05, 0) is 0 Å². The molecule has 1 fully saturated rings. The van der Waals surface area contributed by atoms with Gasteiger partial charge in [0.2, 0.25) is 0 Å². The van der Waals surface area contributed by atoms with E-state index >= 15 is 0 Å². The van der Waals surface area contributed by atoms with Gasteiger partial charge >= 0.3 is 6.18 Å². The zero-order valence-corrected chi connectivity index (χ0v) is 9.35. The maximum Gasteiger partial charge on any atom is 0.418 e. The van der Waals surface area contributed by atoms with Crippen molar-refractivity contribution in [3.63, 3.8) is 0 Å². The third-order valence-electron chi connectivity index (χ3n) is 3.01. The lowest BCUT2D eigenvalue weighted by atomic mass is 10.0. The molecule has 0 radical (unpaired) electrons. The first-order chi connectivity index (χ1) is 8.37. The van der Waals surface area contributed by atoms with Crippen LogP contribution in [0.15, 0.2) is 12.5 Å². The highest BCUT2D eigenvalue weighted by molar-refractivity contribution is 5.47. The summed E-state index contributed by atoms with van der Waals surface area (Å²) in [6.07, 6.45) is -2.55. The molecule has 2 rings (SSSR count). The van der Waals surface area contributed by atoms with Gasteiger partial charge in [-0.1, -0.05) is 0 Å². The quantitative estimate of drug-likeness (QED) is 0.812. The van der Waals surface area contributed by atoms with Gasteiger partial charge in [-0.2, -0.15) is 13.2 Å². The van der Waals surface area contributed by atoms with E-state index in [0.717, 1.165) is 0 Å². The number of nitrogens with zero attached hydrogens (tertiary/aromatic N) is 3. The first-order valence-electron chi connectivity index (χ1n) is 5.31. The van der Waals surface area contributed by atoms with E-state index in [2.05, 4.69) is 9.97 Å². The van der Waals surface area contributed by atoms with Crippen molar-refractivity contribution in [3.8, 4) is 0 Å². The summed E-state index contributed by atoms with van der Waals surface area (Å²) in [7, 11) is 0. The van der Waals surface area contributed by atoms with E-state index < -0.39 is 24.7 Å². The lowest BCUT2D eigenvalue weighted by Crippen LogP contribution is -2.47. The summed E-state index contributed by atoms with van der Waals surface area (Å²) in [5, 5.41) is 18.6. The first-order valence-corrected chi connectivity index (χ1v) is 5.31. The number of hydrogen-bond donors (Lipinski definition) is 2. The molecule has 1 unspecified atom stereocenters. The van der Waals surface area contributed by atoms with Crippen molar-refractivity contribution in [2.45, 2.75) is 24.8 Å². The lowest BCUT2D eigenvalue weighted by molar-refractivity contribution is -0.250. The molecule has 5 nitrogen and oxygen atoms in total. The molecule has 1 aliphatic heterocycles. The summed E-state index contributed by atoms with van der Waals surface area (Å²) in [6, 6.07) is 0. The van der Waals surface area contributed by atoms with Crippen LogP contribution in [0.2, 0.25) is 0 Å². The zero-order valence-electron chi connectivity index (χ0n) is 9.35. The average molecular weight is 263 g/mol. The molecule has 0 amide bonds. The minimum atomic E-state index is -4.67. The van der Waals surface area contributed by atoms with Gasteiger partial charge in [0, 0.05) is 24.7 Å². The van der Waals surface area contributed by atoms with Crippen LogP contribution >= 0.6 is 0 Å². The molecule has 8 heteroatoms. The molecule has 1 aromatic heterocycles. The van der Waals surface area contributed by atoms with Gasteiger partial charge < -0.3 is 15.1 Å². The number of aliphatic hydroxyl groups excluding tert-OH is 1. The predicted molar refractivity (Wildman–Crippen MR) is 55.8 cm³/mol. The van der Waals surface area contributed by atoms with Gasteiger partial charge in [0.25, 0.3) is 0 Å². The second kappa shape index (κ2) is 4.36. The number of rotatable bonds is 2. The molecular formula is C10H12F3N3O2. The zero-order chi connectivity index (χ0) is 13.4. The normalized spacial score (nSPS) is 24.6. The number of alkyl halides is 3. The Balaban J connectivity index is 2.23. The van der Waals surface area contributed by atoms with Crippen LogP contribution in [-0.2, 0) is 6.61 Å². The topological polar surface area (TPSA) is 69.5 Å². The van der Waals surface area contributed by atoms with Crippen LogP contribution in [0.5, 0.6) is 0 Å². The lowest BCUT2D eigenvalue weighted by Gasteiger charge is -2.26. The van der Waals surface area contributed by atoms with E-state index in [4.69, 9.17) is 5.11 Å². The summed E-state index contributed by atoms with van der Waals surface area (Å²) in [4.78, 5) is 8.85. The number of anilines is 1. The summed E-state index contributed by atoms with van der Waals surface area (Å²) in [5.41, 5.74) is -2.38. The van der Waals surface area contributed by atoms with Gasteiger partial charge in [0.15, 0.2) is 5.60 Å². The first kappa shape index (κ1) is 13.0. The molecular weight excluding hydrogens is 251 g/mol. The van der Waals surface area contributed by atoms with Crippen LogP contribution < -0.4 is 4.90 Å². The molecule has 0 bridgehead atoms. The van der Waals surface area contributed by atoms with Crippen molar-refractivity contribution >= 4 is 5.82 Å². The maximum atomic E-state index is 12.7. The van der Waals surface area contributed by atoms with Crippen LogP contribution in [0.4, 0.5) is 19.0 Å².